The van der Waals surface area contributed by atoms with Crippen molar-refractivity contribution in [3.05, 3.63) is 52.3 Å². The van der Waals surface area contributed by atoms with Crippen molar-refractivity contribution < 1.29 is 14.3 Å². The number of hydrogen-bond acceptors (Lipinski definition) is 5. The Labute approximate surface area is 191 Å². The Morgan fingerprint density at radius 3 is 2.48 bits per heavy atom. The zero-order chi connectivity index (χ0) is 22.7. The van der Waals surface area contributed by atoms with Crippen molar-refractivity contribution in [2.75, 3.05) is 5.32 Å². The summed E-state index contributed by atoms with van der Waals surface area (Å²) < 4.78 is 5.65. The molecule has 4 amide bonds. The first kappa shape index (κ1) is 23.0. The van der Waals surface area contributed by atoms with Crippen LogP contribution < -0.4 is 15.4 Å². The van der Waals surface area contributed by atoms with Crippen LogP contribution in [0.4, 0.5) is 15.3 Å². The van der Waals surface area contributed by atoms with E-state index in [1.165, 1.54) is 16.0 Å². The highest BCUT2D eigenvalue weighted by Crippen LogP contribution is 2.29. The summed E-state index contributed by atoms with van der Waals surface area (Å²) in [5.74, 6) is 0.555. The normalized spacial score (nSPS) is 16.7. The molecule has 2 N–H and O–H groups in total. The fourth-order valence-electron chi connectivity index (χ4n) is 3.10. The second kappa shape index (κ2) is 9.62. The highest BCUT2D eigenvalue weighted by atomic mass is 35.5. The van der Waals surface area contributed by atoms with E-state index in [-0.39, 0.29) is 18.7 Å². The molecule has 0 radical (unpaired) electrons. The third-order valence-electron chi connectivity index (χ3n) is 4.48. The number of anilines is 1. The molecule has 1 aromatic heterocycles. The molecule has 3 rings (SSSR count). The van der Waals surface area contributed by atoms with E-state index in [4.69, 9.17) is 27.9 Å². The molecule has 2 aromatic rings. The molecule has 1 unspecified atom stereocenters. The van der Waals surface area contributed by atoms with E-state index in [0.29, 0.717) is 27.2 Å². The number of rotatable bonds is 7. The summed E-state index contributed by atoms with van der Waals surface area (Å²) in [7, 11) is 0. The van der Waals surface area contributed by atoms with Gasteiger partial charge in [0.25, 0.3) is 0 Å². The van der Waals surface area contributed by atoms with Crippen LogP contribution in [-0.4, -0.2) is 45.3 Å². The fraction of sp³-hybridized carbons (Fsp3) is 0.381. The zero-order valence-corrected chi connectivity index (χ0v) is 19.2. The van der Waals surface area contributed by atoms with Crippen molar-refractivity contribution in [1.29, 1.82) is 0 Å². The predicted octanol–water partition coefficient (Wildman–Crippen LogP) is 4.93. The standard InChI is InChI=1S/C21H25Cl2N5O3/c1-12(2)28-20(29)26-19(25-15-7-8-18(17(23)9-15)31-13(3)4)27(21(28)30)11-16-6-5-14(22)10-24-16/h5-10,12-13,19,25H,11H2,1-4H3,(H,26,29). The molecule has 166 valence electrons. The van der Waals surface area contributed by atoms with Crippen LogP contribution in [0.2, 0.25) is 10.0 Å². The van der Waals surface area contributed by atoms with Gasteiger partial charge in [0.2, 0.25) is 0 Å². The monoisotopic (exact) mass is 465 g/mol. The molecule has 1 aliphatic heterocycles. The van der Waals surface area contributed by atoms with E-state index in [1.54, 1.807) is 44.2 Å². The van der Waals surface area contributed by atoms with Gasteiger partial charge in [0.1, 0.15) is 5.75 Å². The number of aromatic nitrogens is 1. The van der Waals surface area contributed by atoms with Gasteiger partial charge < -0.3 is 10.1 Å². The van der Waals surface area contributed by atoms with Gasteiger partial charge in [0.15, 0.2) is 6.29 Å². The molecule has 1 aliphatic rings. The molecule has 10 heteroatoms. The van der Waals surface area contributed by atoms with Gasteiger partial charge in [-0.2, -0.15) is 0 Å². The average molecular weight is 466 g/mol. The minimum absolute atomic E-state index is 0.0176. The lowest BCUT2D eigenvalue weighted by Crippen LogP contribution is -2.68. The van der Waals surface area contributed by atoms with Crippen LogP contribution in [0.1, 0.15) is 33.4 Å². The van der Waals surface area contributed by atoms with Gasteiger partial charge in [0.05, 0.1) is 28.4 Å². The molecule has 0 spiro atoms. The van der Waals surface area contributed by atoms with Crippen LogP contribution in [0.15, 0.2) is 36.5 Å². The highest BCUT2D eigenvalue weighted by molar-refractivity contribution is 6.32. The maximum Gasteiger partial charge on any atom is 0.331 e. The van der Waals surface area contributed by atoms with Crippen LogP contribution >= 0.6 is 23.2 Å². The summed E-state index contributed by atoms with van der Waals surface area (Å²) in [6.45, 7) is 7.54. The lowest BCUT2D eigenvalue weighted by molar-refractivity contribution is 0.0969. The maximum absolute atomic E-state index is 13.1. The van der Waals surface area contributed by atoms with Gasteiger partial charge in [-0.1, -0.05) is 23.2 Å². The molecular formula is C21H25Cl2N5O3. The number of nitrogens with zero attached hydrogens (tertiary/aromatic N) is 3. The number of nitrogens with one attached hydrogen (secondary N) is 2. The Kier molecular flexibility index (Phi) is 7.12. The van der Waals surface area contributed by atoms with Gasteiger partial charge in [-0.25, -0.2) is 14.5 Å². The lowest BCUT2D eigenvalue weighted by atomic mass is 10.2. The van der Waals surface area contributed by atoms with Crippen molar-refractivity contribution >= 4 is 41.0 Å². The SMILES string of the molecule is CC(C)Oc1ccc(NC2NC(=O)N(C(C)C)C(=O)N2Cc2ccc(Cl)cn2)cc1Cl. The smallest absolute Gasteiger partial charge is 0.331 e. The quantitative estimate of drug-likeness (QED) is 0.605. The number of imide groups is 1. The second-order valence-electron chi connectivity index (χ2n) is 7.65. The minimum atomic E-state index is -0.805. The molecule has 31 heavy (non-hydrogen) atoms. The van der Waals surface area contributed by atoms with Crippen LogP contribution in [-0.2, 0) is 6.54 Å². The number of pyridine rings is 1. The number of urea groups is 2. The molecule has 1 atom stereocenters. The Balaban J connectivity index is 1.86. The van der Waals surface area contributed by atoms with Crippen molar-refractivity contribution in [2.24, 2.45) is 0 Å². The first-order valence-corrected chi connectivity index (χ1v) is 10.6. The number of halogens is 2. The maximum atomic E-state index is 13.1. The van der Waals surface area contributed by atoms with Gasteiger partial charge >= 0.3 is 12.1 Å². The molecule has 0 bridgehead atoms. The summed E-state index contributed by atoms with van der Waals surface area (Å²) in [5, 5.41) is 6.90. The fourth-order valence-corrected chi connectivity index (χ4v) is 3.44. The topological polar surface area (TPSA) is 86.8 Å². The molecule has 0 aliphatic carbocycles. The Bertz CT molecular complexity index is 953. The van der Waals surface area contributed by atoms with Crippen molar-refractivity contribution in [3.63, 3.8) is 0 Å². The third kappa shape index (κ3) is 5.51. The number of ether oxygens (including phenoxy) is 1. The largest absolute Gasteiger partial charge is 0.489 e. The number of carbonyl (C=O) groups is 2. The van der Waals surface area contributed by atoms with E-state index < -0.39 is 18.4 Å². The van der Waals surface area contributed by atoms with Crippen molar-refractivity contribution in [1.82, 2.24) is 20.1 Å². The zero-order valence-electron chi connectivity index (χ0n) is 17.7. The predicted molar refractivity (Wildman–Crippen MR) is 120 cm³/mol. The molecule has 2 heterocycles. The summed E-state index contributed by atoms with van der Waals surface area (Å²) in [6.07, 6.45) is 0.691. The van der Waals surface area contributed by atoms with E-state index in [9.17, 15) is 9.59 Å². The molecule has 8 nitrogen and oxygen atoms in total. The molecular weight excluding hydrogens is 441 g/mol. The Morgan fingerprint density at radius 1 is 1.16 bits per heavy atom. The Hall–Kier alpha value is -2.71. The summed E-state index contributed by atoms with van der Waals surface area (Å²) in [5.41, 5.74) is 1.24. The third-order valence-corrected chi connectivity index (χ3v) is 5.00. The van der Waals surface area contributed by atoms with Crippen LogP contribution in [0.5, 0.6) is 5.75 Å². The van der Waals surface area contributed by atoms with Gasteiger partial charge in [-0.3, -0.25) is 15.2 Å². The van der Waals surface area contributed by atoms with E-state index in [1.807, 2.05) is 13.8 Å². The van der Waals surface area contributed by atoms with E-state index in [2.05, 4.69) is 15.6 Å². The summed E-state index contributed by atoms with van der Waals surface area (Å²) in [4.78, 5) is 32.6. The van der Waals surface area contributed by atoms with Gasteiger partial charge in [-0.15, -0.1) is 0 Å². The van der Waals surface area contributed by atoms with E-state index in [0.717, 1.165) is 0 Å². The van der Waals surface area contributed by atoms with Crippen LogP contribution in [0, 0.1) is 0 Å². The van der Waals surface area contributed by atoms with Gasteiger partial charge in [0, 0.05) is 17.9 Å². The molecule has 1 saturated heterocycles. The van der Waals surface area contributed by atoms with E-state index >= 15 is 0 Å². The second-order valence-corrected chi connectivity index (χ2v) is 8.49. The first-order chi connectivity index (χ1) is 14.7. The number of amides is 4. The summed E-state index contributed by atoms with van der Waals surface area (Å²) >= 11 is 12.2. The first-order valence-electron chi connectivity index (χ1n) is 9.89. The van der Waals surface area contributed by atoms with Crippen LogP contribution in [0.25, 0.3) is 0 Å². The van der Waals surface area contributed by atoms with Crippen molar-refractivity contribution in [2.45, 2.75) is 52.7 Å². The molecule has 0 saturated carbocycles. The average Bonchev–Trinajstić information content (AvgIpc) is 2.68. The highest BCUT2D eigenvalue weighted by Gasteiger charge is 2.40. The molecule has 1 fully saturated rings. The van der Waals surface area contributed by atoms with Crippen molar-refractivity contribution in [3.8, 4) is 5.75 Å². The number of benzene rings is 1. The Morgan fingerprint density at radius 2 is 1.90 bits per heavy atom. The lowest BCUT2D eigenvalue weighted by Gasteiger charge is -2.42. The minimum Gasteiger partial charge on any atom is -0.489 e. The number of hydrogen-bond donors (Lipinski definition) is 2. The van der Waals surface area contributed by atoms with Crippen LogP contribution in [0.3, 0.4) is 0 Å². The summed E-state index contributed by atoms with van der Waals surface area (Å²) in [6, 6.07) is 7.41. The van der Waals surface area contributed by atoms with Gasteiger partial charge in [-0.05, 0) is 58.0 Å². The number of carbonyl (C=O) groups excluding carboxylic acids is 2. The molecule has 1 aromatic carbocycles.